The van der Waals surface area contributed by atoms with Gasteiger partial charge in [0.1, 0.15) is 5.57 Å². The van der Waals surface area contributed by atoms with Crippen LogP contribution in [0.5, 0.6) is 0 Å². The van der Waals surface area contributed by atoms with E-state index in [1.165, 1.54) is 0 Å². The standard InChI is InChI=1S/C27H32O5/c1-3-4-6-14-21-23(27(31)32-16-15-19-11-7-5-8-12-19)25(29)22(26(30)24(21)28)20-13-9-10-18(2)17-20/h5,7-8,11-12,17,20,30H,3-4,6,9-10,13-16H2,1-2H3. The summed E-state index contributed by atoms with van der Waals surface area (Å²) >= 11 is 0. The number of allylic oxidation sites excluding steroid dienone is 4. The highest BCUT2D eigenvalue weighted by Gasteiger charge is 2.41. The third-order valence-electron chi connectivity index (χ3n) is 6.16. The molecule has 1 atom stereocenters. The minimum Gasteiger partial charge on any atom is -0.504 e. The molecule has 0 saturated heterocycles. The lowest BCUT2D eigenvalue weighted by atomic mass is 9.76. The number of ketones is 2. The van der Waals surface area contributed by atoms with Crippen LogP contribution in [0.4, 0.5) is 0 Å². The summed E-state index contributed by atoms with van der Waals surface area (Å²) in [6.07, 6.45) is 7.65. The molecule has 3 rings (SSSR count). The van der Waals surface area contributed by atoms with Crippen LogP contribution in [0.2, 0.25) is 0 Å². The van der Waals surface area contributed by atoms with E-state index in [-0.39, 0.29) is 35.7 Å². The molecule has 170 valence electrons. The van der Waals surface area contributed by atoms with E-state index >= 15 is 0 Å². The van der Waals surface area contributed by atoms with E-state index in [1.54, 1.807) is 0 Å². The van der Waals surface area contributed by atoms with Crippen LogP contribution in [0, 0.1) is 5.92 Å². The number of ether oxygens (including phenoxy) is 1. The minimum atomic E-state index is -0.771. The number of hydrogen-bond acceptors (Lipinski definition) is 5. The molecular formula is C27H32O5. The molecule has 1 unspecified atom stereocenters. The van der Waals surface area contributed by atoms with Gasteiger partial charge in [0.25, 0.3) is 0 Å². The van der Waals surface area contributed by atoms with Crippen molar-refractivity contribution in [1.82, 2.24) is 0 Å². The summed E-state index contributed by atoms with van der Waals surface area (Å²) in [4.78, 5) is 39.5. The number of hydrogen-bond donors (Lipinski definition) is 1. The van der Waals surface area contributed by atoms with Crippen LogP contribution in [0.1, 0.15) is 64.4 Å². The van der Waals surface area contributed by atoms with Gasteiger partial charge in [-0.05, 0) is 44.6 Å². The molecule has 0 amide bonds. The summed E-state index contributed by atoms with van der Waals surface area (Å²) in [5.74, 6) is -2.80. The van der Waals surface area contributed by atoms with E-state index in [0.717, 1.165) is 36.8 Å². The van der Waals surface area contributed by atoms with E-state index in [1.807, 2.05) is 50.3 Å². The molecule has 0 aliphatic heterocycles. The molecule has 2 aliphatic rings. The van der Waals surface area contributed by atoms with Crippen molar-refractivity contribution in [3.8, 4) is 0 Å². The molecule has 0 heterocycles. The van der Waals surface area contributed by atoms with E-state index in [2.05, 4.69) is 0 Å². The van der Waals surface area contributed by atoms with Crippen molar-refractivity contribution < 1.29 is 24.2 Å². The van der Waals surface area contributed by atoms with Crippen molar-refractivity contribution in [1.29, 1.82) is 0 Å². The molecule has 1 N–H and O–H groups in total. The monoisotopic (exact) mass is 436 g/mol. The molecule has 0 spiro atoms. The molecule has 0 saturated carbocycles. The third-order valence-corrected chi connectivity index (χ3v) is 6.16. The average molecular weight is 437 g/mol. The predicted molar refractivity (Wildman–Crippen MR) is 123 cm³/mol. The fourth-order valence-corrected chi connectivity index (χ4v) is 4.43. The van der Waals surface area contributed by atoms with Gasteiger partial charge in [-0.3, -0.25) is 9.59 Å². The number of esters is 1. The minimum absolute atomic E-state index is 0.0447. The van der Waals surface area contributed by atoms with Crippen molar-refractivity contribution in [3.05, 3.63) is 70.0 Å². The normalized spacial score (nSPS) is 19.3. The Labute approximate surface area is 189 Å². The zero-order chi connectivity index (χ0) is 23.1. The molecule has 32 heavy (non-hydrogen) atoms. The molecule has 0 aromatic heterocycles. The fraction of sp³-hybridized carbons (Fsp3) is 0.444. The van der Waals surface area contributed by atoms with Crippen molar-refractivity contribution >= 4 is 17.5 Å². The van der Waals surface area contributed by atoms with Gasteiger partial charge in [-0.15, -0.1) is 0 Å². The lowest BCUT2D eigenvalue weighted by Gasteiger charge is -2.26. The number of benzene rings is 1. The van der Waals surface area contributed by atoms with Gasteiger partial charge < -0.3 is 9.84 Å². The van der Waals surface area contributed by atoms with Gasteiger partial charge in [-0.25, -0.2) is 4.79 Å². The van der Waals surface area contributed by atoms with E-state index in [4.69, 9.17) is 4.74 Å². The topological polar surface area (TPSA) is 80.7 Å². The first-order chi connectivity index (χ1) is 15.4. The van der Waals surface area contributed by atoms with Crippen molar-refractivity contribution in [2.24, 2.45) is 5.92 Å². The van der Waals surface area contributed by atoms with E-state index in [0.29, 0.717) is 19.3 Å². The predicted octanol–water partition coefficient (Wildman–Crippen LogP) is 5.36. The van der Waals surface area contributed by atoms with Gasteiger partial charge in [0.2, 0.25) is 11.6 Å². The van der Waals surface area contributed by atoms with Gasteiger partial charge in [-0.2, -0.15) is 0 Å². The first kappa shape index (κ1) is 23.7. The highest BCUT2D eigenvalue weighted by atomic mass is 16.5. The summed E-state index contributed by atoms with van der Waals surface area (Å²) in [6.45, 7) is 4.13. The van der Waals surface area contributed by atoms with Gasteiger partial charge in [0, 0.05) is 17.9 Å². The van der Waals surface area contributed by atoms with Crippen LogP contribution in [0.15, 0.2) is 64.5 Å². The van der Waals surface area contributed by atoms with Crippen LogP contribution >= 0.6 is 0 Å². The van der Waals surface area contributed by atoms with Gasteiger partial charge in [-0.1, -0.05) is 61.7 Å². The second kappa shape index (κ2) is 11.1. The smallest absolute Gasteiger partial charge is 0.342 e. The number of unbranched alkanes of at least 4 members (excludes halogenated alkanes) is 2. The Kier molecular flexibility index (Phi) is 8.20. The number of Topliss-reactive ketones (excluding diaryl/α,β-unsaturated/α-hetero) is 2. The van der Waals surface area contributed by atoms with Gasteiger partial charge in [0.05, 0.1) is 12.2 Å². The Morgan fingerprint density at radius 2 is 1.84 bits per heavy atom. The maximum atomic E-state index is 13.4. The Bertz CT molecular complexity index is 965. The Morgan fingerprint density at radius 1 is 1.09 bits per heavy atom. The average Bonchev–Trinajstić information content (AvgIpc) is 2.78. The SMILES string of the molecule is CCCCCC1=C(C(=O)OCCc2ccccc2)C(=O)C(C2C=C(C)CCC2)=C(O)C1=O. The number of carbonyl (C=O) groups excluding carboxylic acids is 3. The molecule has 5 nitrogen and oxygen atoms in total. The lowest BCUT2D eigenvalue weighted by Crippen LogP contribution is -2.32. The first-order valence-electron chi connectivity index (χ1n) is 11.6. The van der Waals surface area contributed by atoms with E-state index in [9.17, 15) is 19.5 Å². The summed E-state index contributed by atoms with van der Waals surface area (Å²) in [7, 11) is 0. The van der Waals surface area contributed by atoms with Crippen LogP contribution in [-0.2, 0) is 25.5 Å². The molecule has 0 fully saturated rings. The zero-order valence-electron chi connectivity index (χ0n) is 19.0. The second-order valence-corrected chi connectivity index (χ2v) is 8.61. The maximum absolute atomic E-state index is 13.4. The van der Waals surface area contributed by atoms with Crippen LogP contribution in [0.25, 0.3) is 0 Å². The molecular weight excluding hydrogens is 404 g/mol. The number of carbonyl (C=O) groups is 3. The van der Waals surface area contributed by atoms with Gasteiger partial charge >= 0.3 is 5.97 Å². The number of rotatable bonds is 9. The number of aliphatic hydroxyl groups excluding tert-OH is 1. The molecule has 2 aliphatic carbocycles. The van der Waals surface area contributed by atoms with Crippen LogP contribution in [-0.4, -0.2) is 29.2 Å². The zero-order valence-corrected chi connectivity index (χ0v) is 19.0. The highest BCUT2D eigenvalue weighted by molar-refractivity contribution is 6.34. The first-order valence-corrected chi connectivity index (χ1v) is 11.6. The largest absolute Gasteiger partial charge is 0.504 e. The molecule has 0 bridgehead atoms. The van der Waals surface area contributed by atoms with Crippen LogP contribution < -0.4 is 0 Å². The molecule has 0 radical (unpaired) electrons. The number of aliphatic hydroxyl groups is 1. The quantitative estimate of drug-likeness (QED) is 0.185. The molecule has 1 aromatic rings. The fourth-order valence-electron chi connectivity index (χ4n) is 4.43. The van der Waals surface area contributed by atoms with Crippen molar-refractivity contribution in [3.63, 3.8) is 0 Å². The molecule has 5 heteroatoms. The summed E-state index contributed by atoms with van der Waals surface area (Å²) in [6, 6.07) is 9.62. The third kappa shape index (κ3) is 5.45. The van der Waals surface area contributed by atoms with Crippen molar-refractivity contribution in [2.75, 3.05) is 6.61 Å². The highest BCUT2D eigenvalue weighted by Crippen LogP contribution is 2.36. The summed E-state index contributed by atoms with van der Waals surface area (Å²) in [5, 5.41) is 10.7. The maximum Gasteiger partial charge on any atom is 0.342 e. The van der Waals surface area contributed by atoms with Crippen molar-refractivity contribution in [2.45, 2.75) is 65.2 Å². The van der Waals surface area contributed by atoms with E-state index < -0.39 is 23.3 Å². The second-order valence-electron chi connectivity index (χ2n) is 8.61. The van der Waals surface area contributed by atoms with Crippen LogP contribution in [0.3, 0.4) is 0 Å². The van der Waals surface area contributed by atoms with Gasteiger partial charge in [0.15, 0.2) is 5.76 Å². The molecule has 1 aromatic carbocycles. The Balaban J connectivity index is 1.86. The Hall–Kier alpha value is -2.95. The Morgan fingerprint density at radius 3 is 2.53 bits per heavy atom. The lowest BCUT2D eigenvalue weighted by molar-refractivity contribution is -0.140. The summed E-state index contributed by atoms with van der Waals surface area (Å²) in [5.41, 5.74) is 2.08. The summed E-state index contributed by atoms with van der Waals surface area (Å²) < 4.78 is 5.44.